The third kappa shape index (κ3) is 6.40. The van der Waals surface area contributed by atoms with Gasteiger partial charge in [0, 0.05) is 19.2 Å². The standard InChI is InChI=1S/C28H34ClN5O4S/c1-34-15-14-20(18-34)38-19-12-13-23(25(16-19)37-2)32-28-30-17-22(29)27(33-28)31-24-10-6-7-11-26(24)39(35,36)21-8-4-3-5-9-21/h6-7,10-13,16-17,20-21H,3-5,8-9,14-15,18H2,1-2H3,(H2,30,31,32,33)/t20-/m0/s1. The van der Waals surface area contributed by atoms with E-state index in [4.69, 9.17) is 21.1 Å². The van der Waals surface area contributed by atoms with Gasteiger partial charge in [-0.3, -0.25) is 0 Å². The number of hydrogen-bond acceptors (Lipinski definition) is 9. The van der Waals surface area contributed by atoms with E-state index in [-0.39, 0.29) is 27.2 Å². The number of sulfone groups is 1. The average Bonchev–Trinajstić information content (AvgIpc) is 3.36. The maximum absolute atomic E-state index is 13.5. The highest BCUT2D eigenvalue weighted by Crippen LogP contribution is 2.36. The molecule has 0 unspecified atom stereocenters. The van der Waals surface area contributed by atoms with E-state index in [1.54, 1.807) is 31.4 Å². The molecule has 0 bridgehead atoms. The maximum Gasteiger partial charge on any atom is 0.229 e. The third-order valence-electron chi connectivity index (χ3n) is 7.25. The molecule has 1 atom stereocenters. The van der Waals surface area contributed by atoms with Crippen LogP contribution < -0.4 is 20.1 Å². The summed E-state index contributed by atoms with van der Waals surface area (Å²) >= 11 is 6.43. The van der Waals surface area contributed by atoms with Crippen LogP contribution in [0.1, 0.15) is 38.5 Å². The lowest BCUT2D eigenvalue weighted by molar-refractivity contribution is 0.207. The van der Waals surface area contributed by atoms with Gasteiger partial charge >= 0.3 is 0 Å². The number of rotatable bonds is 9. The van der Waals surface area contributed by atoms with Gasteiger partial charge < -0.3 is 25.0 Å². The van der Waals surface area contributed by atoms with Crippen LogP contribution in [0, 0.1) is 0 Å². The van der Waals surface area contributed by atoms with Crippen LogP contribution in [0.25, 0.3) is 0 Å². The van der Waals surface area contributed by atoms with Gasteiger partial charge in [-0.15, -0.1) is 0 Å². The molecule has 0 amide bonds. The molecule has 0 spiro atoms. The van der Waals surface area contributed by atoms with E-state index >= 15 is 0 Å². The van der Waals surface area contributed by atoms with Gasteiger partial charge in [-0.05, 0) is 50.6 Å². The fourth-order valence-corrected chi connectivity index (χ4v) is 7.31. The van der Waals surface area contributed by atoms with Crippen molar-refractivity contribution in [1.29, 1.82) is 0 Å². The van der Waals surface area contributed by atoms with Gasteiger partial charge in [0.1, 0.15) is 22.6 Å². The van der Waals surface area contributed by atoms with Crippen molar-refractivity contribution >= 4 is 44.6 Å². The van der Waals surface area contributed by atoms with Crippen molar-refractivity contribution in [3.63, 3.8) is 0 Å². The van der Waals surface area contributed by atoms with Crippen molar-refractivity contribution in [3.05, 3.63) is 53.7 Å². The molecule has 5 rings (SSSR count). The van der Waals surface area contributed by atoms with E-state index < -0.39 is 9.84 Å². The van der Waals surface area contributed by atoms with Gasteiger partial charge in [0.2, 0.25) is 5.95 Å². The van der Waals surface area contributed by atoms with Gasteiger partial charge in [-0.2, -0.15) is 4.98 Å². The Bertz CT molecular complexity index is 1410. The molecule has 1 saturated heterocycles. The minimum atomic E-state index is -3.50. The number of nitrogens with one attached hydrogen (secondary N) is 2. The lowest BCUT2D eigenvalue weighted by Gasteiger charge is -2.23. The minimum Gasteiger partial charge on any atom is -0.494 e. The average molecular weight is 572 g/mol. The van der Waals surface area contributed by atoms with Gasteiger partial charge in [0.25, 0.3) is 0 Å². The Hall–Kier alpha value is -3.08. The second kappa shape index (κ2) is 12.0. The first kappa shape index (κ1) is 27.5. The number of likely N-dealkylation sites (N-methyl/N-ethyl adjacent to an activating group) is 1. The van der Waals surface area contributed by atoms with Crippen LogP contribution in [-0.2, 0) is 9.84 Å². The zero-order valence-corrected chi connectivity index (χ0v) is 23.8. The van der Waals surface area contributed by atoms with E-state index in [2.05, 4.69) is 32.5 Å². The summed E-state index contributed by atoms with van der Waals surface area (Å²) in [7, 11) is 0.169. The molecule has 1 aliphatic heterocycles. The first-order chi connectivity index (χ1) is 18.8. The highest BCUT2D eigenvalue weighted by atomic mass is 35.5. The minimum absolute atomic E-state index is 0.150. The third-order valence-corrected chi connectivity index (χ3v) is 9.85. The molecule has 2 N–H and O–H groups in total. The Kier molecular flexibility index (Phi) is 8.44. The number of likely N-dealkylation sites (tertiary alicyclic amines) is 1. The fourth-order valence-electron chi connectivity index (χ4n) is 5.17. The van der Waals surface area contributed by atoms with Crippen molar-refractivity contribution in [2.75, 3.05) is 37.9 Å². The van der Waals surface area contributed by atoms with Gasteiger partial charge in [0.15, 0.2) is 15.7 Å². The van der Waals surface area contributed by atoms with Crippen LogP contribution in [0.4, 0.5) is 23.1 Å². The molecule has 1 aliphatic carbocycles. The smallest absolute Gasteiger partial charge is 0.229 e. The van der Waals surface area contributed by atoms with E-state index in [0.29, 0.717) is 35.8 Å². The predicted molar refractivity (Wildman–Crippen MR) is 154 cm³/mol. The molecule has 1 aromatic heterocycles. The number of benzene rings is 2. The number of hydrogen-bond donors (Lipinski definition) is 2. The molecule has 0 radical (unpaired) electrons. The van der Waals surface area contributed by atoms with Crippen LogP contribution in [0.3, 0.4) is 0 Å². The Labute approximate surface area is 234 Å². The van der Waals surface area contributed by atoms with Gasteiger partial charge in [0.05, 0.1) is 34.8 Å². The van der Waals surface area contributed by atoms with Crippen molar-refractivity contribution in [2.24, 2.45) is 0 Å². The molecule has 2 aliphatic rings. The number of para-hydroxylation sites is 1. The van der Waals surface area contributed by atoms with E-state index in [1.165, 1.54) is 6.20 Å². The summed E-state index contributed by atoms with van der Waals surface area (Å²) in [6, 6.07) is 12.5. The molecule has 208 valence electrons. The van der Waals surface area contributed by atoms with Crippen molar-refractivity contribution in [3.8, 4) is 11.5 Å². The summed E-state index contributed by atoms with van der Waals surface area (Å²) in [5.74, 6) is 1.88. The summed E-state index contributed by atoms with van der Waals surface area (Å²) in [4.78, 5) is 11.3. The molecule has 2 aromatic carbocycles. The zero-order chi connectivity index (χ0) is 27.4. The van der Waals surface area contributed by atoms with Gasteiger partial charge in [-0.25, -0.2) is 13.4 Å². The van der Waals surface area contributed by atoms with Crippen LogP contribution in [-0.4, -0.2) is 61.9 Å². The molecular weight excluding hydrogens is 538 g/mol. The number of aromatic nitrogens is 2. The molecule has 2 fully saturated rings. The van der Waals surface area contributed by atoms with Crippen LogP contribution in [0.5, 0.6) is 11.5 Å². The van der Waals surface area contributed by atoms with Crippen LogP contribution >= 0.6 is 11.6 Å². The Morgan fingerprint density at radius 1 is 1.03 bits per heavy atom. The zero-order valence-electron chi connectivity index (χ0n) is 22.2. The van der Waals surface area contributed by atoms with E-state index in [1.807, 2.05) is 18.2 Å². The maximum atomic E-state index is 13.5. The Balaban J connectivity index is 1.35. The van der Waals surface area contributed by atoms with Crippen LogP contribution in [0.2, 0.25) is 5.02 Å². The van der Waals surface area contributed by atoms with Crippen molar-refractivity contribution < 1.29 is 17.9 Å². The van der Waals surface area contributed by atoms with Gasteiger partial charge in [-0.1, -0.05) is 43.0 Å². The molecule has 1 saturated carbocycles. The first-order valence-corrected chi connectivity index (χ1v) is 15.2. The quantitative estimate of drug-likeness (QED) is 0.329. The topological polar surface area (TPSA) is 106 Å². The fraction of sp³-hybridized carbons (Fsp3) is 0.429. The summed E-state index contributed by atoms with van der Waals surface area (Å²) in [6.45, 7) is 1.91. The largest absolute Gasteiger partial charge is 0.494 e. The second-order valence-electron chi connectivity index (χ2n) is 10.1. The highest BCUT2D eigenvalue weighted by molar-refractivity contribution is 7.92. The summed E-state index contributed by atoms with van der Waals surface area (Å²) in [6.07, 6.45) is 6.91. The van der Waals surface area contributed by atoms with E-state index in [0.717, 1.165) is 44.5 Å². The SMILES string of the molecule is COc1cc(O[C@H]2CCN(C)C2)ccc1Nc1ncc(Cl)c(Nc2ccccc2S(=O)(=O)C2CCCCC2)n1. The normalized spacial score (nSPS) is 18.6. The summed E-state index contributed by atoms with van der Waals surface area (Å²) in [5.41, 5.74) is 1.09. The second-order valence-corrected chi connectivity index (χ2v) is 12.7. The molecule has 3 aromatic rings. The lowest BCUT2D eigenvalue weighted by atomic mass is 10.0. The molecule has 2 heterocycles. The summed E-state index contributed by atoms with van der Waals surface area (Å²) < 4.78 is 38.6. The predicted octanol–water partition coefficient (Wildman–Crippen LogP) is 5.82. The molecule has 39 heavy (non-hydrogen) atoms. The Morgan fingerprint density at radius 2 is 1.82 bits per heavy atom. The monoisotopic (exact) mass is 571 g/mol. The number of anilines is 4. The number of halogens is 1. The summed E-state index contributed by atoms with van der Waals surface area (Å²) in [5, 5.41) is 6.20. The highest BCUT2D eigenvalue weighted by Gasteiger charge is 2.31. The number of methoxy groups -OCH3 is 1. The van der Waals surface area contributed by atoms with Crippen LogP contribution in [0.15, 0.2) is 53.6 Å². The van der Waals surface area contributed by atoms with Crippen molar-refractivity contribution in [1.82, 2.24) is 14.9 Å². The Morgan fingerprint density at radius 3 is 2.56 bits per heavy atom. The number of ether oxygens (including phenoxy) is 2. The molecular formula is C28H34ClN5O4S. The molecule has 11 heteroatoms. The number of nitrogens with zero attached hydrogens (tertiary/aromatic N) is 3. The van der Waals surface area contributed by atoms with Crippen molar-refractivity contribution in [2.45, 2.75) is 54.8 Å². The first-order valence-electron chi connectivity index (χ1n) is 13.3. The van der Waals surface area contributed by atoms with E-state index in [9.17, 15) is 8.42 Å². The lowest BCUT2D eigenvalue weighted by Crippen LogP contribution is -2.24. The molecule has 9 nitrogen and oxygen atoms in total.